The first kappa shape index (κ1) is 13.6. The van der Waals surface area contributed by atoms with E-state index in [2.05, 4.69) is 11.6 Å². The molecule has 1 saturated carbocycles. The summed E-state index contributed by atoms with van der Waals surface area (Å²) < 4.78 is 28.9. The maximum absolute atomic E-state index is 12.3. The molecule has 0 amide bonds. The van der Waals surface area contributed by atoms with Gasteiger partial charge in [0.2, 0.25) is 0 Å². The number of hydrogen-bond donors (Lipinski definition) is 1. The molecule has 2 rings (SSSR count). The van der Waals surface area contributed by atoms with E-state index in [0.717, 1.165) is 32.1 Å². The van der Waals surface area contributed by atoms with Crippen LogP contribution in [0.1, 0.15) is 39.0 Å². The van der Waals surface area contributed by atoms with Crippen molar-refractivity contribution in [1.82, 2.24) is 9.03 Å². The van der Waals surface area contributed by atoms with Crippen LogP contribution in [-0.2, 0) is 10.2 Å². The van der Waals surface area contributed by atoms with Crippen molar-refractivity contribution in [1.29, 1.82) is 0 Å². The highest BCUT2D eigenvalue weighted by atomic mass is 35.5. The van der Waals surface area contributed by atoms with Gasteiger partial charge in [-0.25, -0.2) is 0 Å². The molecule has 0 bridgehead atoms. The predicted molar refractivity (Wildman–Crippen MR) is 69.3 cm³/mol. The van der Waals surface area contributed by atoms with Crippen LogP contribution < -0.4 is 4.72 Å². The van der Waals surface area contributed by atoms with Crippen molar-refractivity contribution in [2.24, 2.45) is 5.92 Å². The molecule has 0 radical (unpaired) electrons. The first-order valence-corrected chi connectivity index (χ1v) is 8.30. The highest BCUT2D eigenvalue weighted by Crippen LogP contribution is 2.34. The van der Waals surface area contributed by atoms with Gasteiger partial charge in [0.25, 0.3) is 10.2 Å². The van der Waals surface area contributed by atoms with E-state index >= 15 is 0 Å². The summed E-state index contributed by atoms with van der Waals surface area (Å²) in [6.45, 7) is 3.37. The summed E-state index contributed by atoms with van der Waals surface area (Å²) in [7, 11) is -3.35. The van der Waals surface area contributed by atoms with Gasteiger partial charge in [0.1, 0.15) is 0 Å². The summed E-state index contributed by atoms with van der Waals surface area (Å²) in [4.78, 5) is 0. The van der Waals surface area contributed by atoms with Crippen molar-refractivity contribution in [2.45, 2.75) is 44.6 Å². The number of nitrogens with zero attached hydrogens (tertiary/aromatic N) is 1. The van der Waals surface area contributed by atoms with Crippen LogP contribution in [-0.4, -0.2) is 37.2 Å². The van der Waals surface area contributed by atoms with Gasteiger partial charge in [-0.1, -0.05) is 6.92 Å². The minimum atomic E-state index is -3.35. The second-order valence-corrected chi connectivity index (χ2v) is 7.42. The van der Waals surface area contributed by atoms with Gasteiger partial charge in [0.05, 0.1) is 0 Å². The van der Waals surface area contributed by atoms with Gasteiger partial charge in [0.15, 0.2) is 0 Å². The van der Waals surface area contributed by atoms with Gasteiger partial charge in [-0.2, -0.15) is 17.4 Å². The molecule has 1 N–H and O–H groups in total. The van der Waals surface area contributed by atoms with Crippen molar-refractivity contribution in [3.05, 3.63) is 0 Å². The largest absolute Gasteiger partial charge is 0.280 e. The summed E-state index contributed by atoms with van der Waals surface area (Å²) in [5.41, 5.74) is -0.374. The van der Waals surface area contributed by atoms with Crippen molar-refractivity contribution >= 4 is 21.8 Å². The Kier molecular flexibility index (Phi) is 4.02. The van der Waals surface area contributed by atoms with E-state index in [0.29, 0.717) is 24.9 Å². The second kappa shape index (κ2) is 5.03. The Morgan fingerprint density at radius 3 is 2.59 bits per heavy atom. The molecule has 1 heterocycles. The standard InChI is InChI=1S/C11H21ClN2O2S/c1-10-4-2-7-14(8-10)17(15,16)13-11(9-12)5-3-6-11/h10,13H,2-9H2,1H3. The molecule has 0 aromatic carbocycles. The molecule has 0 aromatic heterocycles. The van der Waals surface area contributed by atoms with Crippen molar-refractivity contribution in [3.8, 4) is 0 Å². The maximum atomic E-state index is 12.3. The number of alkyl halides is 1. The molecule has 17 heavy (non-hydrogen) atoms. The van der Waals surface area contributed by atoms with Gasteiger partial charge >= 0.3 is 0 Å². The fraction of sp³-hybridized carbons (Fsp3) is 1.00. The Labute approximate surface area is 109 Å². The Morgan fingerprint density at radius 2 is 2.12 bits per heavy atom. The number of nitrogens with one attached hydrogen (secondary N) is 1. The molecule has 2 fully saturated rings. The monoisotopic (exact) mass is 280 g/mol. The minimum Gasteiger partial charge on any atom is -0.195 e. The summed E-state index contributed by atoms with van der Waals surface area (Å²) in [5, 5.41) is 0. The number of piperidine rings is 1. The van der Waals surface area contributed by atoms with Gasteiger partial charge < -0.3 is 0 Å². The SMILES string of the molecule is CC1CCCN(S(=O)(=O)NC2(CCl)CCC2)C1. The molecule has 4 nitrogen and oxygen atoms in total. The molecule has 1 unspecified atom stereocenters. The molecule has 0 aromatic rings. The molecule has 6 heteroatoms. The minimum absolute atomic E-state index is 0.371. The molecule has 0 spiro atoms. The van der Waals surface area contributed by atoms with Crippen molar-refractivity contribution in [2.75, 3.05) is 19.0 Å². The molecule has 1 saturated heterocycles. The lowest BCUT2D eigenvalue weighted by Gasteiger charge is -2.42. The lowest BCUT2D eigenvalue weighted by molar-refractivity contribution is 0.231. The Balaban J connectivity index is 2.02. The zero-order valence-electron chi connectivity index (χ0n) is 10.3. The molecule has 1 aliphatic carbocycles. The van der Waals surface area contributed by atoms with Crippen LogP contribution in [0.3, 0.4) is 0 Å². The summed E-state index contributed by atoms with van der Waals surface area (Å²) in [6, 6.07) is 0. The third-order valence-electron chi connectivity index (χ3n) is 3.87. The zero-order valence-corrected chi connectivity index (χ0v) is 11.9. The summed E-state index contributed by atoms with van der Waals surface area (Å²) in [5.74, 6) is 0.823. The fourth-order valence-corrected chi connectivity index (χ4v) is 4.76. The summed E-state index contributed by atoms with van der Waals surface area (Å²) in [6.07, 6.45) is 4.85. The van der Waals surface area contributed by atoms with Gasteiger partial charge in [0, 0.05) is 24.5 Å². The Bertz CT molecular complexity index is 362. The third kappa shape index (κ3) is 2.95. The van der Waals surface area contributed by atoms with Crippen LogP contribution in [0, 0.1) is 5.92 Å². The van der Waals surface area contributed by atoms with Crippen LogP contribution in [0.2, 0.25) is 0 Å². The van der Waals surface area contributed by atoms with E-state index < -0.39 is 10.2 Å². The lowest BCUT2D eigenvalue weighted by Crippen LogP contribution is -2.59. The second-order valence-electron chi connectivity index (χ2n) is 5.48. The third-order valence-corrected chi connectivity index (χ3v) is 6.09. The van der Waals surface area contributed by atoms with Gasteiger partial charge in [-0.3, -0.25) is 0 Å². The summed E-state index contributed by atoms with van der Waals surface area (Å²) >= 11 is 5.89. The number of rotatable bonds is 4. The van der Waals surface area contributed by atoms with Gasteiger partial charge in [-0.05, 0) is 38.0 Å². The van der Waals surface area contributed by atoms with Gasteiger partial charge in [-0.15, -0.1) is 11.6 Å². The first-order valence-electron chi connectivity index (χ1n) is 6.32. The Hall–Kier alpha value is 0.160. The van der Waals surface area contributed by atoms with E-state index in [1.807, 2.05) is 0 Å². The van der Waals surface area contributed by atoms with E-state index in [4.69, 9.17) is 11.6 Å². The van der Waals surface area contributed by atoms with Crippen LogP contribution >= 0.6 is 11.6 Å². The quantitative estimate of drug-likeness (QED) is 0.797. The fourth-order valence-electron chi connectivity index (χ4n) is 2.57. The predicted octanol–water partition coefficient (Wildman–Crippen LogP) is 1.71. The highest BCUT2D eigenvalue weighted by Gasteiger charge is 2.41. The molecule has 1 atom stereocenters. The highest BCUT2D eigenvalue weighted by molar-refractivity contribution is 7.87. The van der Waals surface area contributed by atoms with Crippen molar-refractivity contribution < 1.29 is 8.42 Å². The number of halogens is 1. The van der Waals surface area contributed by atoms with E-state index in [1.54, 1.807) is 4.31 Å². The average molecular weight is 281 g/mol. The van der Waals surface area contributed by atoms with Crippen molar-refractivity contribution in [3.63, 3.8) is 0 Å². The Morgan fingerprint density at radius 1 is 1.41 bits per heavy atom. The normalized spacial score (nSPS) is 29.9. The topological polar surface area (TPSA) is 49.4 Å². The average Bonchev–Trinajstić information content (AvgIpc) is 2.24. The molecule has 1 aliphatic heterocycles. The van der Waals surface area contributed by atoms with E-state index in [-0.39, 0.29) is 5.54 Å². The molecular weight excluding hydrogens is 260 g/mol. The van der Waals surface area contributed by atoms with E-state index in [9.17, 15) is 8.42 Å². The van der Waals surface area contributed by atoms with Crippen LogP contribution in [0.15, 0.2) is 0 Å². The zero-order chi connectivity index (χ0) is 12.5. The smallest absolute Gasteiger partial charge is 0.195 e. The molecule has 2 aliphatic rings. The van der Waals surface area contributed by atoms with E-state index in [1.165, 1.54) is 0 Å². The molecular formula is C11H21ClN2O2S. The number of hydrogen-bond acceptors (Lipinski definition) is 2. The van der Waals surface area contributed by atoms with Crippen LogP contribution in [0.5, 0.6) is 0 Å². The van der Waals surface area contributed by atoms with Crippen LogP contribution in [0.25, 0.3) is 0 Å². The van der Waals surface area contributed by atoms with Crippen LogP contribution in [0.4, 0.5) is 0 Å². The first-order chi connectivity index (χ1) is 7.97. The lowest BCUT2D eigenvalue weighted by atomic mass is 9.79. The maximum Gasteiger partial charge on any atom is 0.280 e. The molecule has 100 valence electrons.